The highest BCUT2D eigenvalue weighted by Crippen LogP contribution is 2.33. The number of nitrogens with two attached hydrogens (primary N) is 1. The fourth-order valence-corrected chi connectivity index (χ4v) is 4.09. The van der Waals surface area contributed by atoms with E-state index in [1.807, 2.05) is 13.0 Å². The first-order valence-corrected chi connectivity index (χ1v) is 11.3. The molecule has 2 heterocycles. The fourth-order valence-electron chi connectivity index (χ4n) is 4.09. The molecule has 0 aliphatic heterocycles. The molecule has 2 aromatic heterocycles. The first-order chi connectivity index (χ1) is 14.9. The molecule has 4 nitrogen and oxygen atoms in total. The van der Waals surface area contributed by atoms with E-state index in [0.29, 0.717) is 12.2 Å². The zero-order chi connectivity index (χ0) is 23.3. The van der Waals surface area contributed by atoms with Gasteiger partial charge in [-0.15, -0.1) is 0 Å². The molecule has 4 heteroatoms. The summed E-state index contributed by atoms with van der Waals surface area (Å²) in [5, 5.41) is 4.57. The van der Waals surface area contributed by atoms with Gasteiger partial charge in [-0.05, 0) is 40.0 Å². The van der Waals surface area contributed by atoms with Gasteiger partial charge in [-0.3, -0.25) is 0 Å². The van der Waals surface area contributed by atoms with Crippen molar-refractivity contribution in [2.45, 2.75) is 65.7 Å². The van der Waals surface area contributed by atoms with Gasteiger partial charge < -0.3 is 5.73 Å². The molecule has 32 heavy (non-hydrogen) atoms. The first kappa shape index (κ1) is 22.1. The van der Waals surface area contributed by atoms with Crippen LogP contribution in [-0.4, -0.2) is 14.6 Å². The van der Waals surface area contributed by atoms with Crippen molar-refractivity contribution >= 4 is 11.5 Å². The van der Waals surface area contributed by atoms with E-state index in [9.17, 15) is 0 Å². The van der Waals surface area contributed by atoms with Crippen LogP contribution in [-0.2, 0) is 17.3 Å². The van der Waals surface area contributed by atoms with Crippen LogP contribution >= 0.6 is 0 Å². The summed E-state index contributed by atoms with van der Waals surface area (Å²) in [6.45, 7) is 15.4. The van der Waals surface area contributed by atoms with Crippen molar-refractivity contribution in [3.8, 4) is 11.1 Å². The van der Waals surface area contributed by atoms with E-state index in [1.165, 1.54) is 16.7 Å². The van der Waals surface area contributed by atoms with Crippen molar-refractivity contribution in [2.75, 3.05) is 5.73 Å². The molecule has 0 saturated carbocycles. The third-order valence-corrected chi connectivity index (χ3v) is 6.07. The minimum atomic E-state index is 0.100. The summed E-state index contributed by atoms with van der Waals surface area (Å²) in [4.78, 5) is 4.99. The lowest BCUT2D eigenvalue weighted by Crippen LogP contribution is -2.11. The average molecular weight is 427 g/mol. The molecule has 0 aliphatic carbocycles. The molecule has 0 atom stereocenters. The normalized spacial score (nSPS) is 12.5. The molecule has 0 amide bonds. The molecular weight excluding hydrogens is 392 g/mol. The molecule has 0 bridgehead atoms. The zero-order valence-electron chi connectivity index (χ0n) is 20.3. The molecule has 166 valence electrons. The Bertz CT molecular complexity index is 1250. The van der Waals surface area contributed by atoms with Crippen LogP contribution < -0.4 is 5.73 Å². The van der Waals surface area contributed by atoms with Crippen molar-refractivity contribution in [1.82, 2.24) is 14.6 Å². The number of nitrogen functional groups attached to an aromatic ring is 1. The number of benzene rings is 2. The number of fused-ring (bicyclic) bond motifs is 1. The molecule has 0 spiro atoms. The molecule has 0 saturated heterocycles. The summed E-state index contributed by atoms with van der Waals surface area (Å²) >= 11 is 0. The van der Waals surface area contributed by atoms with Crippen LogP contribution in [0.25, 0.3) is 16.8 Å². The minimum absolute atomic E-state index is 0.100. The van der Waals surface area contributed by atoms with Crippen molar-refractivity contribution in [3.05, 3.63) is 82.7 Å². The van der Waals surface area contributed by atoms with Crippen molar-refractivity contribution in [2.24, 2.45) is 0 Å². The maximum atomic E-state index is 6.68. The van der Waals surface area contributed by atoms with Gasteiger partial charge in [0.1, 0.15) is 5.82 Å². The first-order valence-electron chi connectivity index (χ1n) is 11.3. The van der Waals surface area contributed by atoms with Crippen LogP contribution in [0.4, 0.5) is 5.82 Å². The Hall–Kier alpha value is -3.14. The number of nitrogens with zero attached hydrogens (tertiary/aromatic N) is 3. The highest BCUT2D eigenvalue weighted by Gasteiger charge is 2.19. The van der Waals surface area contributed by atoms with E-state index in [-0.39, 0.29) is 10.8 Å². The predicted molar refractivity (Wildman–Crippen MR) is 134 cm³/mol. The molecule has 0 aliphatic rings. The van der Waals surface area contributed by atoms with Crippen LogP contribution in [0.15, 0.2) is 54.6 Å². The Labute approximate surface area is 191 Å². The van der Waals surface area contributed by atoms with Crippen LogP contribution in [0.5, 0.6) is 0 Å². The van der Waals surface area contributed by atoms with Gasteiger partial charge in [0.15, 0.2) is 5.65 Å². The smallest absolute Gasteiger partial charge is 0.157 e. The van der Waals surface area contributed by atoms with E-state index < -0.39 is 0 Å². The standard InChI is InChI=1S/C28H34N4/c1-18-16-24-30-23(17-19-8-12-21(13-9-19)27(2,3)4)25(26(29)32(24)31-18)20-10-14-22(15-11-20)28(5,6)7/h8-16H,17,29H2,1-7H3. The molecule has 4 rings (SSSR count). The summed E-state index contributed by atoms with van der Waals surface area (Å²) in [5.74, 6) is 0.632. The lowest BCUT2D eigenvalue weighted by molar-refractivity contribution is 0.590. The van der Waals surface area contributed by atoms with E-state index in [0.717, 1.165) is 28.2 Å². The zero-order valence-corrected chi connectivity index (χ0v) is 20.3. The SMILES string of the molecule is Cc1cc2nc(Cc3ccc(C(C)(C)C)cc3)c(-c3ccc(C(C)(C)C)cc3)c(N)n2n1. The fraction of sp³-hybridized carbons (Fsp3) is 0.357. The van der Waals surface area contributed by atoms with E-state index in [2.05, 4.69) is 95.2 Å². The second-order valence-electron chi connectivity index (χ2n) is 10.8. The second-order valence-corrected chi connectivity index (χ2v) is 10.8. The maximum absolute atomic E-state index is 6.68. The molecule has 2 N–H and O–H groups in total. The largest absolute Gasteiger partial charge is 0.383 e. The van der Waals surface area contributed by atoms with Gasteiger partial charge in [-0.25, -0.2) is 4.98 Å². The minimum Gasteiger partial charge on any atom is -0.383 e. The lowest BCUT2D eigenvalue weighted by Gasteiger charge is -2.20. The van der Waals surface area contributed by atoms with Gasteiger partial charge in [0.25, 0.3) is 0 Å². The number of aromatic nitrogens is 3. The molecule has 0 radical (unpaired) electrons. The molecular formula is C28H34N4. The summed E-state index contributed by atoms with van der Waals surface area (Å²) in [6.07, 6.45) is 0.714. The van der Waals surface area contributed by atoms with E-state index in [1.54, 1.807) is 4.52 Å². The van der Waals surface area contributed by atoms with Crippen LogP contribution in [0, 0.1) is 6.92 Å². The quantitative estimate of drug-likeness (QED) is 0.408. The van der Waals surface area contributed by atoms with Crippen molar-refractivity contribution in [1.29, 1.82) is 0 Å². The second kappa shape index (κ2) is 7.77. The Morgan fingerprint density at radius 2 is 1.34 bits per heavy atom. The average Bonchev–Trinajstić information content (AvgIpc) is 3.08. The molecule has 0 unspecified atom stereocenters. The van der Waals surface area contributed by atoms with Crippen molar-refractivity contribution < 1.29 is 0 Å². The van der Waals surface area contributed by atoms with Crippen LogP contribution in [0.3, 0.4) is 0 Å². The number of anilines is 1. The molecule has 4 aromatic rings. The highest BCUT2D eigenvalue weighted by atomic mass is 15.3. The van der Waals surface area contributed by atoms with Gasteiger partial charge in [0.2, 0.25) is 0 Å². The maximum Gasteiger partial charge on any atom is 0.157 e. The molecule has 2 aromatic carbocycles. The number of rotatable bonds is 3. The monoisotopic (exact) mass is 426 g/mol. The topological polar surface area (TPSA) is 56.2 Å². The number of hydrogen-bond acceptors (Lipinski definition) is 3. The number of aryl methyl sites for hydroxylation is 1. The Morgan fingerprint density at radius 3 is 1.88 bits per heavy atom. The molecule has 0 fully saturated rings. The van der Waals surface area contributed by atoms with Gasteiger partial charge in [-0.2, -0.15) is 9.61 Å². The van der Waals surface area contributed by atoms with E-state index >= 15 is 0 Å². The summed E-state index contributed by atoms with van der Waals surface area (Å²) < 4.78 is 1.76. The lowest BCUT2D eigenvalue weighted by atomic mass is 9.85. The Balaban J connectivity index is 1.82. The van der Waals surface area contributed by atoms with Gasteiger partial charge in [0, 0.05) is 18.1 Å². The van der Waals surface area contributed by atoms with Gasteiger partial charge in [-0.1, -0.05) is 90.1 Å². The van der Waals surface area contributed by atoms with Gasteiger partial charge in [0.05, 0.1) is 11.4 Å². The van der Waals surface area contributed by atoms with Crippen LogP contribution in [0.1, 0.15) is 69.6 Å². The Kier molecular flexibility index (Phi) is 5.36. The third kappa shape index (κ3) is 4.27. The van der Waals surface area contributed by atoms with Crippen molar-refractivity contribution in [3.63, 3.8) is 0 Å². The highest BCUT2D eigenvalue weighted by molar-refractivity contribution is 5.78. The Morgan fingerprint density at radius 1 is 0.812 bits per heavy atom. The predicted octanol–water partition coefficient (Wildman–Crippen LogP) is 6.47. The third-order valence-electron chi connectivity index (χ3n) is 6.07. The van der Waals surface area contributed by atoms with E-state index in [4.69, 9.17) is 10.7 Å². The summed E-state index contributed by atoms with van der Waals surface area (Å²) in [5.41, 5.74) is 15.5. The van der Waals surface area contributed by atoms with Crippen LogP contribution in [0.2, 0.25) is 0 Å². The summed E-state index contributed by atoms with van der Waals surface area (Å²) in [7, 11) is 0. The number of hydrogen-bond donors (Lipinski definition) is 1. The summed E-state index contributed by atoms with van der Waals surface area (Å²) in [6, 6.07) is 19.5. The van der Waals surface area contributed by atoms with Gasteiger partial charge >= 0.3 is 0 Å².